The molecule has 5 nitrogen and oxygen atoms in total. The molecule has 1 fully saturated rings. The molecule has 0 saturated carbocycles. The van der Waals surface area contributed by atoms with Crippen molar-refractivity contribution in [3.8, 4) is 0 Å². The Hall–Kier alpha value is -1.91. The molecule has 0 aliphatic carbocycles. The standard InChI is InChI=1S/C13H17N5/c1-11-15-6-8-17(11)10-12-3-2-7-18(12)13-9-14-4-5-16-13/h4-6,8-9,12H,2-3,7,10H2,1H3/t12-/m0/s1. The third-order valence-corrected chi connectivity index (χ3v) is 3.55. The minimum Gasteiger partial charge on any atom is -0.351 e. The zero-order chi connectivity index (χ0) is 12.4. The van der Waals surface area contributed by atoms with Crippen LogP contribution in [-0.4, -0.2) is 32.1 Å². The molecular formula is C13H17N5. The van der Waals surface area contributed by atoms with Gasteiger partial charge in [-0.2, -0.15) is 0 Å². The average Bonchev–Trinajstić information content (AvgIpc) is 3.01. The first-order chi connectivity index (χ1) is 8.84. The summed E-state index contributed by atoms with van der Waals surface area (Å²) in [5, 5.41) is 0. The molecule has 0 amide bonds. The first kappa shape index (κ1) is 11.2. The number of aromatic nitrogens is 4. The van der Waals surface area contributed by atoms with Crippen molar-refractivity contribution in [1.29, 1.82) is 0 Å². The van der Waals surface area contributed by atoms with Crippen LogP contribution in [0.3, 0.4) is 0 Å². The van der Waals surface area contributed by atoms with Crippen LogP contribution in [0.15, 0.2) is 31.0 Å². The number of hydrogen-bond donors (Lipinski definition) is 0. The summed E-state index contributed by atoms with van der Waals surface area (Å²) in [6.07, 6.45) is 11.6. The van der Waals surface area contributed by atoms with E-state index in [1.54, 1.807) is 12.4 Å². The summed E-state index contributed by atoms with van der Waals surface area (Å²) in [5.41, 5.74) is 0. The van der Waals surface area contributed by atoms with Crippen molar-refractivity contribution in [3.63, 3.8) is 0 Å². The number of nitrogens with zero attached hydrogens (tertiary/aromatic N) is 5. The van der Waals surface area contributed by atoms with Gasteiger partial charge in [-0.15, -0.1) is 0 Å². The third-order valence-electron chi connectivity index (χ3n) is 3.55. The first-order valence-corrected chi connectivity index (χ1v) is 6.35. The molecule has 1 aliphatic rings. The van der Waals surface area contributed by atoms with Crippen molar-refractivity contribution in [1.82, 2.24) is 19.5 Å². The fourth-order valence-electron chi connectivity index (χ4n) is 2.59. The first-order valence-electron chi connectivity index (χ1n) is 6.35. The average molecular weight is 243 g/mol. The van der Waals surface area contributed by atoms with Crippen molar-refractivity contribution in [2.24, 2.45) is 0 Å². The smallest absolute Gasteiger partial charge is 0.147 e. The lowest BCUT2D eigenvalue weighted by Crippen LogP contribution is -2.33. The van der Waals surface area contributed by atoms with E-state index in [0.717, 1.165) is 24.7 Å². The lowest BCUT2D eigenvalue weighted by atomic mass is 10.2. The molecule has 0 spiro atoms. The molecule has 1 atom stereocenters. The molecule has 0 bridgehead atoms. The molecular weight excluding hydrogens is 226 g/mol. The summed E-state index contributed by atoms with van der Waals surface area (Å²) in [5.74, 6) is 2.05. The van der Waals surface area contributed by atoms with E-state index in [9.17, 15) is 0 Å². The van der Waals surface area contributed by atoms with Crippen LogP contribution in [0.4, 0.5) is 5.82 Å². The Morgan fingerprint density at radius 1 is 1.28 bits per heavy atom. The number of imidazole rings is 1. The molecule has 0 N–H and O–H groups in total. The fraction of sp³-hybridized carbons (Fsp3) is 0.462. The summed E-state index contributed by atoms with van der Waals surface area (Å²) < 4.78 is 2.21. The van der Waals surface area contributed by atoms with Gasteiger partial charge in [-0.1, -0.05) is 0 Å². The molecule has 2 aromatic rings. The summed E-state index contributed by atoms with van der Waals surface area (Å²) >= 11 is 0. The van der Waals surface area contributed by atoms with Crippen LogP contribution in [0.2, 0.25) is 0 Å². The number of aryl methyl sites for hydroxylation is 1. The van der Waals surface area contributed by atoms with Crippen LogP contribution >= 0.6 is 0 Å². The zero-order valence-corrected chi connectivity index (χ0v) is 10.5. The van der Waals surface area contributed by atoms with Gasteiger partial charge in [-0.05, 0) is 19.8 Å². The van der Waals surface area contributed by atoms with Gasteiger partial charge in [0.15, 0.2) is 0 Å². The van der Waals surface area contributed by atoms with E-state index in [-0.39, 0.29) is 0 Å². The van der Waals surface area contributed by atoms with E-state index in [2.05, 4.69) is 24.4 Å². The summed E-state index contributed by atoms with van der Waals surface area (Å²) in [7, 11) is 0. The SMILES string of the molecule is Cc1nccn1C[C@@H]1CCCN1c1cnccn1. The normalized spacial score (nSPS) is 19.4. The molecule has 18 heavy (non-hydrogen) atoms. The van der Waals surface area contributed by atoms with Gasteiger partial charge in [0.1, 0.15) is 11.6 Å². The molecule has 5 heteroatoms. The second-order valence-electron chi connectivity index (χ2n) is 4.68. The Kier molecular flexibility index (Phi) is 2.96. The van der Waals surface area contributed by atoms with Crippen LogP contribution in [0, 0.1) is 6.92 Å². The van der Waals surface area contributed by atoms with Crippen LogP contribution < -0.4 is 4.90 Å². The molecule has 1 aliphatic heterocycles. The van der Waals surface area contributed by atoms with Gasteiger partial charge in [-0.3, -0.25) is 4.98 Å². The van der Waals surface area contributed by atoms with E-state index in [4.69, 9.17) is 0 Å². The van der Waals surface area contributed by atoms with Gasteiger partial charge in [0, 0.05) is 43.9 Å². The number of anilines is 1. The van der Waals surface area contributed by atoms with Gasteiger partial charge in [0.25, 0.3) is 0 Å². The quantitative estimate of drug-likeness (QED) is 0.822. The zero-order valence-electron chi connectivity index (χ0n) is 10.5. The van der Waals surface area contributed by atoms with E-state index >= 15 is 0 Å². The van der Waals surface area contributed by atoms with Crippen LogP contribution in [-0.2, 0) is 6.54 Å². The molecule has 0 unspecified atom stereocenters. The monoisotopic (exact) mass is 243 g/mol. The second-order valence-corrected chi connectivity index (χ2v) is 4.68. The van der Waals surface area contributed by atoms with Crippen LogP contribution in [0.1, 0.15) is 18.7 Å². The van der Waals surface area contributed by atoms with Gasteiger partial charge < -0.3 is 9.47 Å². The molecule has 3 rings (SSSR count). The predicted molar refractivity (Wildman–Crippen MR) is 69.4 cm³/mol. The highest BCUT2D eigenvalue weighted by Gasteiger charge is 2.26. The molecule has 94 valence electrons. The van der Waals surface area contributed by atoms with Crippen LogP contribution in [0.5, 0.6) is 0 Å². The van der Waals surface area contributed by atoms with Crippen molar-refractivity contribution in [2.45, 2.75) is 32.4 Å². The van der Waals surface area contributed by atoms with E-state index < -0.39 is 0 Å². The Morgan fingerprint density at radius 3 is 2.94 bits per heavy atom. The highest BCUT2D eigenvalue weighted by molar-refractivity contribution is 5.38. The van der Waals surface area contributed by atoms with Gasteiger partial charge >= 0.3 is 0 Å². The van der Waals surface area contributed by atoms with Crippen molar-refractivity contribution in [2.75, 3.05) is 11.4 Å². The largest absolute Gasteiger partial charge is 0.351 e. The van der Waals surface area contributed by atoms with E-state index in [0.29, 0.717) is 6.04 Å². The molecule has 0 aromatic carbocycles. The summed E-state index contributed by atoms with van der Waals surface area (Å²) in [4.78, 5) is 15.2. The topological polar surface area (TPSA) is 46.8 Å². The maximum absolute atomic E-state index is 4.40. The highest BCUT2D eigenvalue weighted by Crippen LogP contribution is 2.24. The molecule has 0 radical (unpaired) electrons. The highest BCUT2D eigenvalue weighted by atomic mass is 15.3. The molecule has 1 saturated heterocycles. The van der Waals surface area contributed by atoms with Crippen LogP contribution in [0.25, 0.3) is 0 Å². The maximum Gasteiger partial charge on any atom is 0.147 e. The summed E-state index contributed by atoms with van der Waals surface area (Å²) in [6, 6.07) is 0.495. The van der Waals surface area contributed by atoms with Gasteiger partial charge in [-0.25, -0.2) is 9.97 Å². The predicted octanol–water partition coefficient (Wildman–Crippen LogP) is 1.65. The van der Waals surface area contributed by atoms with Gasteiger partial charge in [0.05, 0.1) is 6.20 Å². The third kappa shape index (κ3) is 2.08. The Morgan fingerprint density at radius 2 is 2.22 bits per heavy atom. The lowest BCUT2D eigenvalue weighted by molar-refractivity contribution is 0.538. The molecule has 3 heterocycles. The maximum atomic E-state index is 4.40. The van der Waals surface area contributed by atoms with E-state index in [1.807, 2.05) is 25.5 Å². The fourth-order valence-corrected chi connectivity index (χ4v) is 2.59. The lowest BCUT2D eigenvalue weighted by Gasteiger charge is -2.25. The van der Waals surface area contributed by atoms with E-state index in [1.165, 1.54) is 12.8 Å². The number of hydrogen-bond acceptors (Lipinski definition) is 4. The van der Waals surface area contributed by atoms with Gasteiger partial charge in [0.2, 0.25) is 0 Å². The van der Waals surface area contributed by atoms with Crippen molar-refractivity contribution in [3.05, 3.63) is 36.8 Å². The molecule has 2 aromatic heterocycles. The summed E-state index contributed by atoms with van der Waals surface area (Å²) in [6.45, 7) is 4.08. The minimum absolute atomic E-state index is 0.495. The number of rotatable bonds is 3. The minimum atomic E-state index is 0.495. The van der Waals surface area contributed by atoms with Crippen molar-refractivity contribution < 1.29 is 0 Å². The Labute approximate surface area is 107 Å². The van der Waals surface area contributed by atoms with Crippen molar-refractivity contribution >= 4 is 5.82 Å². The Balaban J connectivity index is 1.78. The second kappa shape index (κ2) is 4.76. The Bertz CT molecular complexity index is 507.